The molecule has 0 bridgehead atoms. The summed E-state index contributed by atoms with van der Waals surface area (Å²) >= 11 is 6.01. The van der Waals surface area contributed by atoms with Crippen LogP contribution in [0.25, 0.3) is 0 Å². The van der Waals surface area contributed by atoms with E-state index in [1.807, 2.05) is 6.07 Å². The molecular weight excluding hydrogens is 338 g/mol. The van der Waals surface area contributed by atoms with Crippen molar-refractivity contribution >= 4 is 34.8 Å². The standard InChI is InChI=1S/C19H22ClN3O2/c1-2-3-11-21-19(25)14-7-6-8-15(12-14)22-13-18(24)23-17-10-5-4-9-16(17)20/h4-10,12,22H,2-3,11,13H2,1H3,(H,21,25)(H,23,24). The molecule has 0 atom stereocenters. The van der Waals surface area contributed by atoms with Gasteiger partial charge in [0, 0.05) is 17.8 Å². The fourth-order valence-electron chi connectivity index (χ4n) is 2.19. The highest BCUT2D eigenvalue weighted by molar-refractivity contribution is 6.33. The van der Waals surface area contributed by atoms with Crippen molar-refractivity contribution in [2.75, 3.05) is 23.7 Å². The van der Waals surface area contributed by atoms with Gasteiger partial charge in [-0.15, -0.1) is 0 Å². The molecule has 3 N–H and O–H groups in total. The Labute approximate surface area is 152 Å². The van der Waals surface area contributed by atoms with Gasteiger partial charge in [-0.2, -0.15) is 0 Å². The van der Waals surface area contributed by atoms with Gasteiger partial charge in [-0.25, -0.2) is 0 Å². The van der Waals surface area contributed by atoms with E-state index in [9.17, 15) is 9.59 Å². The van der Waals surface area contributed by atoms with E-state index in [1.54, 1.807) is 42.5 Å². The first-order valence-electron chi connectivity index (χ1n) is 8.26. The van der Waals surface area contributed by atoms with Crippen molar-refractivity contribution in [3.05, 3.63) is 59.1 Å². The molecule has 0 fully saturated rings. The summed E-state index contributed by atoms with van der Waals surface area (Å²) in [5.74, 6) is -0.330. The third kappa shape index (κ3) is 6.12. The molecule has 25 heavy (non-hydrogen) atoms. The summed E-state index contributed by atoms with van der Waals surface area (Å²) < 4.78 is 0. The van der Waals surface area contributed by atoms with Crippen LogP contribution >= 0.6 is 11.6 Å². The SMILES string of the molecule is CCCCNC(=O)c1cccc(NCC(=O)Nc2ccccc2Cl)c1. The molecular formula is C19H22ClN3O2. The Morgan fingerprint density at radius 2 is 1.88 bits per heavy atom. The number of benzene rings is 2. The average Bonchev–Trinajstić information content (AvgIpc) is 2.62. The molecule has 2 amide bonds. The molecule has 0 spiro atoms. The summed E-state index contributed by atoms with van der Waals surface area (Å²) in [5.41, 5.74) is 1.84. The van der Waals surface area contributed by atoms with Gasteiger partial charge in [-0.05, 0) is 36.8 Å². The van der Waals surface area contributed by atoms with Crippen molar-refractivity contribution in [3.8, 4) is 0 Å². The topological polar surface area (TPSA) is 70.2 Å². The van der Waals surface area contributed by atoms with Gasteiger partial charge in [0.25, 0.3) is 5.91 Å². The predicted octanol–water partition coefficient (Wildman–Crippen LogP) is 3.92. The molecule has 2 rings (SSSR count). The van der Waals surface area contributed by atoms with Crippen LogP contribution in [0.2, 0.25) is 5.02 Å². The number of nitrogens with one attached hydrogen (secondary N) is 3. The molecule has 0 heterocycles. The number of carbonyl (C=O) groups is 2. The largest absolute Gasteiger partial charge is 0.376 e. The first kappa shape index (κ1) is 18.8. The van der Waals surface area contributed by atoms with E-state index in [-0.39, 0.29) is 18.4 Å². The van der Waals surface area contributed by atoms with Crippen LogP contribution in [0.15, 0.2) is 48.5 Å². The van der Waals surface area contributed by atoms with E-state index in [4.69, 9.17) is 11.6 Å². The zero-order valence-corrected chi connectivity index (χ0v) is 14.9. The van der Waals surface area contributed by atoms with Crippen LogP contribution in [0.1, 0.15) is 30.1 Å². The molecule has 0 unspecified atom stereocenters. The van der Waals surface area contributed by atoms with Gasteiger partial charge in [-0.3, -0.25) is 9.59 Å². The van der Waals surface area contributed by atoms with E-state index in [1.165, 1.54) is 0 Å². The van der Waals surface area contributed by atoms with Crippen molar-refractivity contribution in [3.63, 3.8) is 0 Å². The lowest BCUT2D eigenvalue weighted by Crippen LogP contribution is -2.25. The molecule has 0 radical (unpaired) electrons. The molecule has 2 aromatic carbocycles. The Balaban J connectivity index is 1.88. The lowest BCUT2D eigenvalue weighted by atomic mass is 10.2. The molecule has 2 aromatic rings. The Hall–Kier alpha value is -2.53. The molecule has 0 aromatic heterocycles. The lowest BCUT2D eigenvalue weighted by Gasteiger charge is -2.10. The molecule has 6 heteroatoms. The second kappa shape index (κ2) is 9.69. The minimum atomic E-state index is -0.217. The van der Waals surface area contributed by atoms with Crippen LogP contribution in [0.5, 0.6) is 0 Å². The van der Waals surface area contributed by atoms with Gasteiger partial charge in [-0.1, -0.05) is 43.1 Å². The van der Waals surface area contributed by atoms with Gasteiger partial charge in [0.15, 0.2) is 0 Å². The Morgan fingerprint density at radius 3 is 2.64 bits per heavy atom. The van der Waals surface area contributed by atoms with Crippen LogP contribution in [-0.2, 0) is 4.79 Å². The molecule has 0 saturated heterocycles. The first-order valence-corrected chi connectivity index (χ1v) is 8.64. The third-order valence-corrected chi connectivity index (χ3v) is 3.87. The number of halogens is 1. The second-order valence-corrected chi connectivity index (χ2v) is 5.98. The smallest absolute Gasteiger partial charge is 0.251 e. The van der Waals surface area contributed by atoms with Gasteiger partial charge >= 0.3 is 0 Å². The van der Waals surface area contributed by atoms with Gasteiger partial charge < -0.3 is 16.0 Å². The Bertz CT molecular complexity index is 734. The zero-order chi connectivity index (χ0) is 18.1. The molecule has 0 aliphatic heterocycles. The van der Waals surface area contributed by atoms with Crippen LogP contribution in [-0.4, -0.2) is 24.9 Å². The van der Waals surface area contributed by atoms with Crippen molar-refractivity contribution in [1.29, 1.82) is 0 Å². The van der Waals surface area contributed by atoms with Crippen molar-refractivity contribution < 1.29 is 9.59 Å². The third-order valence-electron chi connectivity index (χ3n) is 3.54. The number of hydrogen-bond acceptors (Lipinski definition) is 3. The van der Waals surface area contributed by atoms with Crippen molar-refractivity contribution in [2.45, 2.75) is 19.8 Å². The van der Waals surface area contributed by atoms with E-state index in [0.717, 1.165) is 12.8 Å². The van der Waals surface area contributed by atoms with E-state index in [2.05, 4.69) is 22.9 Å². The zero-order valence-electron chi connectivity index (χ0n) is 14.1. The summed E-state index contributed by atoms with van der Waals surface area (Å²) in [4.78, 5) is 24.1. The number of unbranched alkanes of at least 4 members (excludes halogenated alkanes) is 1. The first-order chi connectivity index (χ1) is 12.1. The second-order valence-electron chi connectivity index (χ2n) is 5.57. The molecule has 0 saturated carbocycles. The highest BCUT2D eigenvalue weighted by Crippen LogP contribution is 2.20. The highest BCUT2D eigenvalue weighted by atomic mass is 35.5. The monoisotopic (exact) mass is 359 g/mol. The van der Waals surface area contributed by atoms with Crippen LogP contribution < -0.4 is 16.0 Å². The molecule has 0 aliphatic carbocycles. The van der Waals surface area contributed by atoms with Crippen LogP contribution in [0.4, 0.5) is 11.4 Å². The Morgan fingerprint density at radius 1 is 1.08 bits per heavy atom. The maximum absolute atomic E-state index is 12.1. The van der Waals surface area contributed by atoms with Crippen LogP contribution in [0.3, 0.4) is 0 Å². The number of carbonyl (C=O) groups excluding carboxylic acids is 2. The summed E-state index contributed by atoms with van der Waals surface area (Å²) in [6, 6.07) is 14.1. The van der Waals surface area contributed by atoms with Gasteiger partial charge in [0.05, 0.1) is 17.3 Å². The summed E-state index contributed by atoms with van der Waals surface area (Å²) in [7, 11) is 0. The number of amides is 2. The number of rotatable bonds is 8. The Kier molecular flexibility index (Phi) is 7.29. The molecule has 132 valence electrons. The summed E-state index contributed by atoms with van der Waals surface area (Å²) in [5, 5.41) is 9.11. The van der Waals surface area contributed by atoms with E-state index in [0.29, 0.717) is 28.5 Å². The van der Waals surface area contributed by atoms with E-state index < -0.39 is 0 Å². The van der Waals surface area contributed by atoms with Crippen molar-refractivity contribution in [2.24, 2.45) is 0 Å². The maximum atomic E-state index is 12.1. The quantitative estimate of drug-likeness (QED) is 0.625. The fourth-order valence-corrected chi connectivity index (χ4v) is 2.37. The van der Waals surface area contributed by atoms with E-state index >= 15 is 0 Å². The maximum Gasteiger partial charge on any atom is 0.251 e. The average molecular weight is 360 g/mol. The van der Waals surface area contributed by atoms with Crippen molar-refractivity contribution in [1.82, 2.24) is 5.32 Å². The number of hydrogen-bond donors (Lipinski definition) is 3. The van der Waals surface area contributed by atoms with Gasteiger partial charge in [0.2, 0.25) is 5.91 Å². The minimum Gasteiger partial charge on any atom is -0.376 e. The predicted molar refractivity (Wildman–Crippen MR) is 102 cm³/mol. The van der Waals surface area contributed by atoms with Gasteiger partial charge in [0.1, 0.15) is 0 Å². The number of para-hydroxylation sites is 1. The summed E-state index contributed by atoms with van der Waals surface area (Å²) in [6.07, 6.45) is 1.98. The normalized spacial score (nSPS) is 10.2. The number of anilines is 2. The molecule has 0 aliphatic rings. The summed E-state index contributed by atoms with van der Waals surface area (Å²) in [6.45, 7) is 2.81. The molecule has 5 nitrogen and oxygen atoms in total. The lowest BCUT2D eigenvalue weighted by molar-refractivity contribution is -0.114. The fraction of sp³-hybridized carbons (Fsp3) is 0.263. The minimum absolute atomic E-state index is 0.0755. The van der Waals surface area contributed by atoms with Crippen LogP contribution in [0, 0.1) is 0 Å². The highest BCUT2D eigenvalue weighted by Gasteiger charge is 2.08.